The van der Waals surface area contributed by atoms with Crippen LogP contribution in [0.5, 0.6) is 0 Å². The Morgan fingerprint density at radius 1 is 1.18 bits per heavy atom. The SMILES string of the molecule is CC(OC(=O)NC(CCC(=O)C=N)C(=O)O)OC(=O)C(C)C. The van der Waals surface area contributed by atoms with Crippen LogP contribution in [0.2, 0.25) is 0 Å². The number of carbonyl (C=O) groups excluding carboxylic acids is 3. The third-order valence-corrected chi connectivity index (χ3v) is 2.46. The zero-order valence-corrected chi connectivity index (χ0v) is 12.6. The highest BCUT2D eigenvalue weighted by atomic mass is 16.7. The van der Waals surface area contributed by atoms with E-state index in [1.807, 2.05) is 5.32 Å². The van der Waals surface area contributed by atoms with E-state index in [1.54, 1.807) is 13.8 Å². The average molecular weight is 316 g/mol. The summed E-state index contributed by atoms with van der Waals surface area (Å²) in [4.78, 5) is 44.7. The molecule has 124 valence electrons. The van der Waals surface area contributed by atoms with Gasteiger partial charge in [0, 0.05) is 13.3 Å². The molecule has 0 rings (SSSR count). The molecule has 0 aliphatic rings. The maximum absolute atomic E-state index is 11.5. The molecule has 0 aromatic rings. The number of esters is 1. The number of nitrogens with one attached hydrogen (secondary N) is 2. The standard InChI is InChI=1S/C13H20N2O7/c1-7(2)12(19)21-8(3)22-13(20)15-10(11(17)18)5-4-9(16)6-14/h6-8,10,14H,4-5H2,1-3H3,(H,15,20)(H,17,18). The van der Waals surface area contributed by atoms with E-state index in [0.717, 1.165) is 0 Å². The number of carbonyl (C=O) groups is 4. The molecule has 0 aliphatic carbocycles. The number of rotatable bonds is 9. The molecular formula is C13H20N2O7. The number of aliphatic carboxylic acids is 1. The van der Waals surface area contributed by atoms with Gasteiger partial charge in [-0.1, -0.05) is 13.8 Å². The minimum Gasteiger partial charge on any atom is -0.480 e. The van der Waals surface area contributed by atoms with Gasteiger partial charge in [-0.2, -0.15) is 0 Å². The summed E-state index contributed by atoms with van der Waals surface area (Å²) in [5.74, 6) is -2.86. The maximum atomic E-state index is 11.5. The van der Waals surface area contributed by atoms with E-state index in [9.17, 15) is 19.2 Å². The molecule has 0 radical (unpaired) electrons. The largest absolute Gasteiger partial charge is 0.480 e. The van der Waals surface area contributed by atoms with Gasteiger partial charge in [-0.3, -0.25) is 9.59 Å². The normalized spacial score (nSPS) is 12.9. The van der Waals surface area contributed by atoms with Crippen molar-refractivity contribution in [2.24, 2.45) is 5.92 Å². The first-order valence-corrected chi connectivity index (χ1v) is 6.61. The summed E-state index contributed by atoms with van der Waals surface area (Å²) in [6, 6.07) is -1.34. The minimum absolute atomic E-state index is 0.182. The Morgan fingerprint density at radius 3 is 2.23 bits per heavy atom. The number of Topliss-reactive ketones (excluding diaryl/α,β-unsaturated/α-hetero) is 1. The molecule has 0 aromatic heterocycles. The van der Waals surface area contributed by atoms with Gasteiger partial charge in [-0.15, -0.1) is 0 Å². The van der Waals surface area contributed by atoms with Crippen LogP contribution < -0.4 is 5.32 Å². The van der Waals surface area contributed by atoms with E-state index >= 15 is 0 Å². The molecule has 0 aromatic carbocycles. The second-order valence-corrected chi connectivity index (χ2v) is 4.75. The third-order valence-electron chi connectivity index (χ3n) is 2.46. The van der Waals surface area contributed by atoms with Crippen LogP contribution in [0, 0.1) is 11.3 Å². The Hall–Kier alpha value is -2.45. The predicted molar refractivity (Wildman–Crippen MR) is 74.5 cm³/mol. The van der Waals surface area contributed by atoms with E-state index in [-0.39, 0.29) is 12.8 Å². The molecule has 0 heterocycles. The van der Waals surface area contributed by atoms with Crippen LogP contribution in [0.4, 0.5) is 4.79 Å². The first-order chi connectivity index (χ1) is 10.2. The van der Waals surface area contributed by atoms with E-state index in [0.29, 0.717) is 6.21 Å². The molecule has 0 saturated heterocycles. The van der Waals surface area contributed by atoms with Gasteiger partial charge in [0.25, 0.3) is 0 Å². The Bertz CT molecular complexity index is 448. The molecule has 0 aliphatic heterocycles. The van der Waals surface area contributed by atoms with Gasteiger partial charge >= 0.3 is 18.0 Å². The van der Waals surface area contributed by atoms with Crippen molar-refractivity contribution < 1.29 is 33.8 Å². The first kappa shape index (κ1) is 19.6. The van der Waals surface area contributed by atoms with Crippen molar-refractivity contribution in [3.05, 3.63) is 0 Å². The van der Waals surface area contributed by atoms with Gasteiger partial charge < -0.3 is 25.3 Å². The molecule has 0 bridgehead atoms. The highest BCUT2D eigenvalue weighted by Gasteiger charge is 2.23. The van der Waals surface area contributed by atoms with E-state index in [1.165, 1.54) is 6.92 Å². The zero-order valence-electron chi connectivity index (χ0n) is 12.6. The molecule has 2 unspecified atom stereocenters. The molecule has 9 nitrogen and oxygen atoms in total. The quantitative estimate of drug-likeness (QED) is 0.323. The maximum Gasteiger partial charge on any atom is 0.410 e. The van der Waals surface area contributed by atoms with E-state index < -0.39 is 42.1 Å². The van der Waals surface area contributed by atoms with Gasteiger partial charge in [0.05, 0.1) is 12.1 Å². The van der Waals surface area contributed by atoms with Crippen LogP contribution in [0.3, 0.4) is 0 Å². The van der Waals surface area contributed by atoms with E-state index in [2.05, 4.69) is 0 Å². The number of carboxylic acids is 1. The fraction of sp³-hybridized carbons (Fsp3) is 0.615. The summed E-state index contributed by atoms with van der Waals surface area (Å²) < 4.78 is 9.49. The molecule has 0 saturated carbocycles. The lowest BCUT2D eigenvalue weighted by atomic mass is 10.1. The van der Waals surface area contributed by atoms with Crippen molar-refractivity contribution in [3.8, 4) is 0 Å². The summed E-state index contributed by atoms with van der Waals surface area (Å²) in [5, 5.41) is 17.7. The summed E-state index contributed by atoms with van der Waals surface area (Å²) in [5.41, 5.74) is 0. The van der Waals surface area contributed by atoms with E-state index in [4.69, 9.17) is 20.0 Å². The molecule has 2 atom stereocenters. The fourth-order valence-electron chi connectivity index (χ4n) is 1.27. The van der Waals surface area contributed by atoms with Crippen molar-refractivity contribution in [2.75, 3.05) is 0 Å². The van der Waals surface area contributed by atoms with Gasteiger partial charge in [-0.05, 0) is 6.42 Å². The molecule has 3 N–H and O–H groups in total. The predicted octanol–water partition coefficient (Wildman–Crippen LogP) is 0.710. The molecule has 0 spiro atoms. The van der Waals surface area contributed by atoms with Crippen LogP contribution >= 0.6 is 0 Å². The van der Waals surface area contributed by atoms with Crippen LogP contribution in [0.1, 0.15) is 33.6 Å². The number of hydrogen-bond donors (Lipinski definition) is 3. The summed E-state index contributed by atoms with van der Waals surface area (Å²) >= 11 is 0. The van der Waals surface area contributed by atoms with Crippen LogP contribution in [0.15, 0.2) is 0 Å². The van der Waals surface area contributed by atoms with Crippen LogP contribution in [0.25, 0.3) is 0 Å². The monoisotopic (exact) mass is 316 g/mol. The summed E-state index contributed by atoms with van der Waals surface area (Å²) in [6.45, 7) is 4.53. The van der Waals surface area contributed by atoms with Crippen molar-refractivity contribution in [2.45, 2.75) is 45.9 Å². The molecule has 22 heavy (non-hydrogen) atoms. The van der Waals surface area contributed by atoms with Gasteiger partial charge in [0.15, 0.2) is 5.78 Å². The summed E-state index contributed by atoms with van der Waals surface area (Å²) in [7, 11) is 0. The van der Waals surface area contributed by atoms with Crippen molar-refractivity contribution in [1.29, 1.82) is 5.41 Å². The van der Waals surface area contributed by atoms with Crippen molar-refractivity contribution >= 4 is 30.0 Å². The molecule has 9 heteroatoms. The highest BCUT2D eigenvalue weighted by Crippen LogP contribution is 2.04. The molecule has 0 fully saturated rings. The third kappa shape index (κ3) is 7.98. The summed E-state index contributed by atoms with van der Waals surface area (Å²) in [6.07, 6.45) is -2.06. The number of amides is 1. The second-order valence-electron chi connectivity index (χ2n) is 4.75. The first-order valence-electron chi connectivity index (χ1n) is 6.61. The highest BCUT2D eigenvalue weighted by molar-refractivity contribution is 6.26. The Morgan fingerprint density at radius 2 is 1.77 bits per heavy atom. The fourth-order valence-corrected chi connectivity index (χ4v) is 1.27. The van der Waals surface area contributed by atoms with Gasteiger partial charge in [-0.25, -0.2) is 9.59 Å². The van der Waals surface area contributed by atoms with Gasteiger partial charge in [0.1, 0.15) is 6.04 Å². The number of ketones is 1. The van der Waals surface area contributed by atoms with Gasteiger partial charge in [0.2, 0.25) is 6.29 Å². The Labute approximate surface area is 127 Å². The van der Waals surface area contributed by atoms with Crippen molar-refractivity contribution in [3.63, 3.8) is 0 Å². The number of alkyl carbamates (subject to hydrolysis) is 1. The number of ether oxygens (including phenoxy) is 2. The topological polar surface area (TPSA) is 143 Å². The lowest BCUT2D eigenvalue weighted by molar-refractivity contribution is -0.169. The number of hydrogen-bond acceptors (Lipinski definition) is 7. The Kier molecular flexibility index (Phi) is 8.42. The number of carboxylic acid groups (broad SMARTS) is 1. The lowest BCUT2D eigenvalue weighted by Crippen LogP contribution is -2.42. The molecular weight excluding hydrogens is 296 g/mol. The minimum atomic E-state index is -1.35. The second kappa shape index (κ2) is 9.48. The zero-order chi connectivity index (χ0) is 17.3. The Balaban J connectivity index is 4.39. The average Bonchev–Trinajstić information content (AvgIpc) is 2.41. The van der Waals surface area contributed by atoms with Crippen LogP contribution in [-0.2, 0) is 23.9 Å². The molecule has 1 amide bonds. The lowest BCUT2D eigenvalue weighted by Gasteiger charge is -2.18. The smallest absolute Gasteiger partial charge is 0.410 e. The van der Waals surface area contributed by atoms with Crippen molar-refractivity contribution in [1.82, 2.24) is 5.32 Å². The van der Waals surface area contributed by atoms with Crippen LogP contribution in [-0.4, -0.2) is 47.5 Å².